The summed E-state index contributed by atoms with van der Waals surface area (Å²) < 4.78 is 0. The first-order valence-corrected chi connectivity index (χ1v) is 5.96. The lowest BCUT2D eigenvalue weighted by Crippen LogP contribution is -2.54. The Bertz CT molecular complexity index is 230. The Morgan fingerprint density at radius 3 is 2.47 bits per heavy atom. The molecule has 0 aromatic carbocycles. The van der Waals surface area contributed by atoms with Gasteiger partial charge in [-0.1, -0.05) is 6.92 Å². The Labute approximate surface area is 91.2 Å². The first-order valence-electron chi connectivity index (χ1n) is 5.96. The number of nitrogens with zero attached hydrogens (tertiary/aromatic N) is 1. The number of carbonyl (C=O) groups excluding carboxylic acids is 1. The van der Waals surface area contributed by atoms with Crippen LogP contribution in [0.3, 0.4) is 0 Å². The predicted molar refractivity (Wildman–Crippen MR) is 59.5 cm³/mol. The lowest BCUT2D eigenvalue weighted by atomic mass is 9.88. The minimum Gasteiger partial charge on any atom is -0.335 e. The highest BCUT2D eigenvalue weighted by atomic mass is 16.2. The summed E-state index contributed by atoms with van der Waals surface area (Å²) in [7, 11) is 0. The summed E-state index contributed by atoms with van der Waals surface area (Å²) in [5, 5.41) is 3.04. The molecule has 0 atom stereocenters. The van der Waals surface area contributed by atoms with Crippen LogP contribution in [-0.4, -0.2) is 36.1 Å². The molecule has 1 aliphatic heterocycles. The molecule has 3 N–H and O–H groups in total. The zero-order valence-electron chi connectivity index (χ0n) is 9.41. The van der Waals surface area contributed by atoms with Gasteiger partial charge in [0.25, 0.3) is 0 Å². The molecular formula is C11H21N3O. The summed E-state index contributed by atoms with van der Waals surface area (Å²) in [4.78, 5) is 13.7. The lowest BCUT2D eigenvalue weighted by Gasteiger charge is -2.36. The standard InChI is InChI=1S/C11H21N3O/c1-8-2-4-14(5-3-8)11(15)13-10-6-9(12)7-10/h8-10H,2-7,12H2,1H3,(H,13,15). The Morgan fingerprint density at radius 2 is 1.93 bits per heavy atom. The molecule has 4 nitrogen and oxygen atoms in total. The van der Waals surface area contributed by atoms with Crippen molar-refractivity contribution in [1.82, 2.24) is 10.2 Å². The Hall–Kier alpha value is -0.770. The third-order valence-electron chi connectivity index (χ3n) is 3.57. The van der Waals surface area contributed by atoms with Crippen molar-refractivity contribution in [2.75, 3.05) is 13.1 Å². The van der Waals surface area contributed by atoms with Crippen molar-refractivity contribution in [1.29, 1.82) is 0 Å². The average Bonchev–Trinajstić information content (AvgIpc) is 2.16. The first-order chi connectivity index (χ1) is 7.15. The number of nitrogens with one attached hydrogen (secondary N) is 1. The van der Waals surface area contributed by atoms with Crippen molar-refractivity contribution in [2.45, 2.75) is 44.7 Å². The summed E-state index contributed by atoms with van der Waals surface area (Å²) in [6.45, 7) is 4.07. The van der Waals surface area contributed by atoms with Crippen LogP contribution in [0.15, 0.2) is 0 Å². The van der Waals surface area contributed by atoms with Gasteiger partial charge in [-0.3, -0.25) is 0 Å². The molecule has 86 valence electrons. The van der Waals surface area contributed by atoms with Gasteiger partial charge in [-0.2, -0.15) is 0 Å². The summed E-state index contributed by atoms with van der Waals surface area (Å²) in [5.74, 6) is 0.770. The van der Waals surface area contributed by atoms with Gasteiger partial charge in [0, 0.05) is 25.2 Å². The SMILES string of the molecule is CC1CCN(C(=O)NC2CC(N)C2)CC1. The molecule has 0 aromatic heterocycles. The minimum absolute atomic E-state index is 0.110. The third-order valence-corrected chi connectivity index (χ3v) is 3.57. The molecule has 2 fully saturated rings. The summed E-state index contributed by atoms with van der Waals surface area (Å²) in [6.07, 6.45) is 4.15. The highest BCUT2D eigenvalue weighted by molar-refractivity contribution is 5.74. The van der Waals surface area contributed by atoms with Gasteiger partial charge in [-0.25, -0.2) is 4.79 Å². The van der Waals surface area contributed by atoms with E-state index in [0.29, 0.717) is 12.1 Å². The summed E-state index contributed by atoms with van der Waals surface area (Å²) >= 11 is 0. The van der Waals surface area contributed by atoms with E-state index in [4.69, 9.17) is 5.73 Å². The number of nitrogens with two attached hydrogens (primary N) is 1. The maximum atomic E-state index is 11.8. The van der Waals surface area contributed by atoms with Gasteiger partial charge in [0.2, 0.25) is 0 Å². The van der Waals surface area contributed by atoms with E-state index in [1.54, 1.807) is 0 Å². The fourth-order valence-electron chi connectivity index (χ4n) is 2.26. The maximum absolute atomic E-state index is 11.8. The molecule has 2 aliphatic rings. The Kier molecular flexibility index (Phi) is 3.14. The molecule has 2 amide bonds. The normalized spacial score (nSPS) is 32.3. The van der Waals surface area contributed by atoms with Crippen molar-refractivity contribution in [3.63, 3.8) is 0 Å². The topological polar surface area (TPSA) is 58.4 Å². The third kappa shape index (κ3) is 2.62. The van der Waals surface area contributed by atoms with Gasteiger partial charge in [0.15, 0.2) is 0 Å². The van der Waals surface area contributed by atoms with E-state index < -0.39 is 0 Å². The minimum atomic E-state index is 0.110. The van der Waals surface area contributed by atoms with Gasteiger partial charge >= 0.3 is 6.03 Å². The average molecular weight is 211 g/mol. The Balaban J connectivity index is 1.71. The van der Waals surface area contributed by atoms with E-state index in [1.165, 1.54) is 0 Å². The fourth-order valence-corrected chi connectivity index (χ4v) is 2.26. The Morgan fingerprint density at radius 1 is 1.33 bits per heavy atom. The van der Waals surface area contributed by atoms with Gasteiger partial charge < -0.3 is 16.0 Å². The lowest BCUT2D eigenvalue weighted by molar-refractivity contribution is 0.162. The number of likely N-dealkylation sites (tertiary alicyclic amines) is 1. The molecule has 0 radical (unpaired) electrons. The highest BCUT2D eigenvalue weighted by Gasteiger charge is 2.29. The van der Waals surface area contributed by atoms with Crippen LogP contribution in [0, 0.1) is 5.92 Å². The number of urea groups is 1. The van der Waals surface area contributed by atoms with Crippen molar-refractivity contribution in [2.24, 2.45) is 11.7 Å². The van der Waals surface area contributed by atoms with Crippen LogP contribution in [-0.2, 0) is 0 Å². The van der Waals surface area contributed by atoms with Crippen molar-refractivity contribution < 1.29 is 4.79 Å². The molecule has 15 heavy (non-hydrogen) atoms. The molecule has 1 saturated heterocycles. The summed E-state index contributed by atoms with van der Waals surface area (Å²) in [6, 6.07) is 0.738. The van der Waals surface area contributed by atoms with E-state index in [1.807, 2.05) is 4.90 Å². The zero-order valence-corrected chi connectivity index (χ0v) is 9.41. The van der Waals surface area contributed by atoms with E-state index in [0.717, 1.165) is 44.7 Å². The molecule has 0 bridgehead atoms. The number of piperidine rings is 1. The first kappa shape index (κ1) is 10.7. The van der Waals surface area contributed by atoms with Crippen molar-refractivity contribution >= 4 is 6.03 Å². The quantitative estimate of drug-likeness (QED) is 0.677. The molecule has 4 heteroatoms. The van der Waals surface area contributed by atoms with Crippen LogP contribution in [0.4, 0.5) is 4.79 Å². The molecule has 0 spiro atoms. The van der Waals surface area contributed by atoms with Gasteiger partial charge in [-0.05, 0) is 31.6 Å². The molecule has 1 aliphatic carbocycles. The fraction of sp³-hybridized carbons (Fsp3) is 0.909. The van der Waals surface area contributed by atoms with Crippen molar-refractivity contribution in [3.8, 4) is 0 Å². The predicted octanol–water partition coefficient (Wildman–Crippen LogP) is 0.918. The number of rotatable bonds is 1. The molecule has 2 rings (SSSR count). The number of amides is 2. The van der Waals surface area contributed by atoms with Gasteiger partial charge in [-0.15, -0.1) is 0 Å². The maximum Gasteiger partial charge on any atom is 0.317 e. The van der Waals surface area contributed by atoms with Crippen LogP contribution >= 0.6 is 0 Å². The smallest absolute Gasteiger partial charge is 0.317 e. The molecular weight excluding hydrogens is 190 g/mol. The van der Waals surface area contributed by atoms with Crippen molar-refractivity contribution in [3.05, 3.63) is 0 Å². The molecule has 1 heterocycles. The van der Waals surface area contributed by atoms with E-state index >= 15 is 0 Å². The van der Waals surface area contributed by atoms with Crippen LogP contribution in [0.1, 0.15) is 32.6 Å². The second-order valence-corrected chi connectivity index (χ2v) is 5.05. The van der Waals surface area contributed by atoms with Crippen LogP contribution in [0.2, 0.25) is 0 Å². The van der Waals surface area contributed by atoms with Gasteiger partial charge in [0.1, 0.15) is 0 Å². The number of hydrogen-bond donors (Lipinski definition) is 2. The van der Waals surface area contributed by atoms with Gasteiger partial charge in [0.05, 0.1) is 0 Å². The molecule has 0 aromatic rings. The number of hydrogen-bond acceptors (Lipinski definition) is 2. The zero-order chi connectivity index (χ0) is 10.8. The monoisotopic (exact) mass is 211 g/mol. The van der Waals surface area contributed by atoms with E-state index in [-0.39, 0.29) is 6.03 Å². The van der Waals surface area contributed by atoms with Crippen LogP contribution in [0.5, 0.6) is 0 Å². The second kappa shape index (κ2) is 4.39. The summed E-state index contributed by atoms with van der Waals surface area (Å²) in [5.41, 5.74) is 5.68. The molecule has 0 unspecified atom stereocenters. The van der Waals surface area contributed by atoms with Crippen LogP contribution in [0.25, 0.3) is 0 Å². The highest BCUT2D eigenvalue weighted by Crippen LogP contribution is 2.19. The van der Waals surface area contributed by atoms with Crippen LogP contribution < -0.4 is 11.1 Å². The van der Waals surface area contributed by atoms with E-state index in [2.05, 4.69) is 12.2 Å². The second-order valence-electron chi connectivity index (χ2n) is 5.05. The number of carbonyl (C=O) groups is 1. The van der Waals surface area contributed by atoms with E-state index in [9.17, 15) is 4.79 Å². The largest absolute Gasteiger partial charge is 0.335 e. The molecule has 1 saturated carbocycles.